The summed E-state index contributed by atoms with van der Waals surface area (Å²) < 4.78 is 28.0. The molecule has 7 heteroatoms. The minimum Gasteiger partial charge on any atom is -0.481 e. The third kappa shape index (κ3) is 3.40. The first-order valence-electron chi connectivity index (χ1n) is 9.67. The summed E-state index contributed by atoms with van der Waals surface area (Å²) in [6, 6.07) is 8.57. The molecule has 0 bridgehead atoms. The van der Waals surface area contributed by atoms with Crippen LogP contribution < -0.4 is 0 Å². The molecule has 2 N–H and O–H groups in total. The van der Waals surface area contributed by atoms with E-state index in [9.17, 15) is 28.6 Å². The monoisotopic (exact) mass is 401 g/mol. The lowest BCUT2D eigenvalue weighted by Gasteiger charge is -2.22. The molecular formula is C22H21F2NO4. The van der Waals surface area contributed by atoms with Crippen molar-refractivity contribution in [2.45, 2.75) is 44.4 Å². The van der Waals surface area contributed by atoms with Crippen molar-refractivity contribution in [2.24, 2.45) is 5.92 Å². The number of aliphatic hydroxyl groups is 1. The van der Waals surface area contributed by atoms with Crippen LogP contribution in [0.4, 0.5) is 8.78 Å². The van der Waals surface area contributed by atoms with Crippen LogP contribution in [-0.4, -0.2) is 27.0 Å². The topological polar surface area (TPSA) is 77.8 Å². The molecule has 0 aromatic heterocycles. The smallest absolute Gasteiger partial charge is 0.311 e. The summed E-state index contributed by atoms with van der Waals surface area (Å²) in [6.07, 6.45) is 2.29. The highest BCUT2D eigenvalue weighted by molar-refractivity contribution is 5.99. The van der Waals surface area contributed by atoms with Crippen molar-refractivity contribution in [2.75, 3.05) is 0 Å². The maximum atomic E-state index is 14.0. The highest BCUT2D eigenvalue weighted by atomic mass is 19.1. The number of hydrogen-bond acceptors (Lipinski definition) is 3. The number of nitrogens with zero attached hydrogens (tertiary/aromatic N) is 1. The van der Waals surface area contributed by atoms with Crippen LogP contribution in [0.5, 0.6) is 0 Å². The van der Waals surface area contributed by atoms with E-state index in [1.165, 1.54) is 0 Å². The van der Waals surface area contributed by atoms with Gasteiger partial charge in [-0.3, -0.25) is 9.59 Å². The van der Waals surface area contributed by atoms with Gasteiger partial charge in [0.15, 0.2) is 6.23 Å². The number of benzene rings is 2. The zero-order chi connectivity index (χ0) is 20.7. The van der Waals surface area contributed by atoms with Crippen LogP contribution in [0.2, 0.25) is 0 Å². The van der Waals surface area contributed by atoms with Gasteiger partial charge in [0.2, 0.25) is 0 Å². The summed E-state index contributed by atoms with van der Waals surface area (Å²) in [5.74, 6) is -3.79. The summed E-state index contributed by atoms with van der Waals surface area (Å²) in [4.78, 5) is 25.3. The number of carbonyl (C=O) groups is 2. The Bertz CT molecular complexity index is 954. The quantitative estimate of drug-likeness (QED) is 0.795. The molecule has 0 spiro atoms. The van der Waals surface area contributed by atoms with E-state index in [4.69, 9.17) is 0 Å². The van der Waals surface area contributed by atoms with Crippen LogP contribution in [0, 0.1) is 17.6 Å². The van der Waals surface area contributed by atoms with Crippen LogP contribution in [0.15, 0.2) is 36.4 Å². The molecule has 1 amide bonds. The van der Waals surface area contributed by atoms with E-state index in [0.29, 0.717) is 11.1 Å². The third-order valence-corrected chi connectivity index (χ3v) is 6.00. The fraction of sp³-hybridized carbons (Fsp3) is 0.364. The van der Waals surface area contributed by atoms with Crippen molar-refractivity contribution in [1.29, 1.82) is 0 Å². The summed E-state index contributed by atoms with van der Waals surface area (Å²) in [7, 11) is 0. The van der Waals surface area contributed by atoms with E-state index in [2.05, 4.69) is 0 Å². The second kappa shape index (κ2) is 7.55. The number of rotatable bonds is 5. The molecule has 1 aliphatic carbocycles. The first-order valence-corrected chi connectivity index (χ1v) is 9.67. The number of aliphatic hydroxyl groups excluding tert-OH is 1. The van der Waals surface area contributed by atoms with Gasteiger partial charge in [-0.25, -0.2) is 8.78 Å². The zero-order valence-electron chi connectivity index (χ0n) is 15.6. The minimum absolute atomic E-state index is 0.0466. The van der Waals surface area contributed by atoms with Crippen LogP contribution >= 0.6 is 0 Å². The lowest BCUT2D eigenvalue weighted by molar-refractivity contribution is -0.140. The lowest BCUT2D eigenvalue weighted by atomic mass is 9.84. The van der Waals surface area contributed by atoms with Crippen molar-refractivity contribution >= 4 is 11.9 Å². The fourth-order valence-corrected chi connectivity index (χ4v) is 4.54. The maximum Gasteiger partial charge on any atom is 0.311 e. The largest absolute Gasteiger partial charge is 0.481 e. The zero-order valence-corrected chi connectivity index (χ0v) is 15.6. The molecule has 0 radical (unpaired) electrons. The Kier molecular flexibility index (Phi) is 5.08. The normalized spacial score (nSPS) is 20.2. The van der Waals surface area contributed by atoms with Gasteiger partial charge in [0.05, 0.1) is 17.0 Å². The highest BCUT2D eigenvalue weighted by Gasteiger charge is 2.40. The van der Waals surface area contributed by atoms with Crippen LogP contribution in [0.1, 0.15) is 64.9 Å². The van der Waals surface area contributed by atoms with E-state index in [-0.39, 0.29) is 18.0 Å². The third-order valence-electron chi connectivity index (χ3n) is 6.00. The summed E-state index contributed by atoms with van der Waals surface area (Å²) in [5.41, 5.74) is 0.534. The molecule has 2 aliphatic rings. The molecule has 2 atom stereocenters. The first kappa shape index (κ1) is 19.5. The standard InChI is InChI=1S/C22H21F2NO4/c23-15-9-10-16(24)19-18(15)20(26)25(21(19)27)11-12-5-7-14(8-6-12)17(22(28)29)13-3-1-2-4-13/h5-10,13,17,20,26H,1-4,11H2,(H,28,29). The van der Waals surface area contributed by atoms with Crippen molar-refractivity contribution in [1.82, 2.24) is 4.90 Å². The molecule has 2 aromatic carbocycles. The van der Waals surface area contributed by atoms with Gasteiger partial charge in [-0.05, 0) is 42.0 Å². The predicted octanol–water partition coefficient (Wildman–Crippen LogP) is 3.97. The molecule has 4 rings (SSSR count). The van der Waals surface area contributed by atoms with Crippen molar-refractivity contribution in [3.8, 4) is 0 Å². The molecule has 2 unspecified atom stereocenters. The number of fused-ring (bicyclic) bond motifs is 1. The van der Waals surface area contributed by atoms with Crippen LogP contribution in [-0.2, 0) is 11.3 Å². The van der Waals surface area contributed by atoms with Gasteiger partial charge < -0.3 is 15.1 Å². The van der Waals surface area contributed by atoms with E-state index < -0.39 is 41.2 Å². The molecule has 1 aliphatic heterocycles. The number of carbonyl (C=O) groups excluding carboxylic acids is 1. The van der Waals surface area contributed by atoms with Crippen LogP contribution in [0.3, 0.4) is 0 Å². The van der Waals surface area contributed by atoms with E-state index in [0.717, 1.165) is 42.7 Å². The summed E-state index contributed by atoms with van der Waals surface area (Å²) in [6.45, 7) is -0.0466. The van der Waals surface area contributed by atoms with E-state index in [1.807, 2.05) is 0 Å². The Morgan fingerprint density at radius 2 is 1.69 bits per heavy atom. The molecular weight excluding hydrogens is 380 g/mol. The molecule has 1 saturated carbocycles. The molecule has 0 saturated heterocycles. The van der Waals surface area contributed by atoms with Crippen molar-refractivity contribution < 1.29 is 28.6 Å². The Hall–Kier alpha value is -2.80. The van der Waals surface area contributed by atoms with Crippen molar-refractivity contribution in [3.63, 3.8) is 0 Å². The first-order chi connectivity index (χ1) is 13.9. The van der Waals surface area contributed by atoms with Gasteiger partial charge in [-0.15, -0.1) is 0 Å². The molecule has 1 heterocycles. The highest BCUT2D eigenvalue weighted by Crippen LogP contribution is 2.39. The fourth-order valence-electron chi connectivity index (χ4n) is 4.54. The number of hydrogen-bond donors (Lipinski definition) is 2. The van der Waals surface area contributed by atoms with Gasteiger partial charge in [0.25, 0.3) is 5.91 Å². The SMILES string of the molecule is O=C(O)C(c1ccc(CN2C(=O)c3c(F)ccc(F)c3C2O)cc1)C1CCCC1. The van der Waals surface area contributed by atoms with Gasteiger partial charge >= 0.3 is 5.97 Å². The van der Waals surface area contributed by atoms with Gasteiger partial charge in [0.1, 0.15) is 11.6 Å². The van der Waals surface area contributed by atoms with Gasteiger partial charge in [-0.1, -0.05) is 37.1 Å². The van der Waals surface area contributed by atoms with E-state index >= 15 is 0 Å². The van der Waals surface area contributed by atoms with Gasteiger partial charge in [0, 0.05) is 6.54 Å². The molecule has 29 heavy (non-hydrogen) atoms. The molecule has 5 nitrogen and oxygen atoms in total. The second-order valence-corrected chi connectivity index (χ2v) is 7.73. The summed E-state index contributed by atoms with van der Waals surface area (Å²) in [5, 5.41) is 20.0. The number of aliphatic carboxylic acids is 1. The Morgan fingerprint density at radius 3 is 2.28 bits per heavy atom. The molecule has 2 aromatic rings. The molecule has 152 valence electrons. The van der Waals surface area contributed by atoms with Gasteiger partial charge in [-0.2, -0.15) is 0 Å². The average molecular weight is 401 g/mol. The molecule has 1 fully saturated rings. The van der Waals surface area contributed by atoms with Crippen molar-refractivity contribution in [3.05, 3.63) is 70.3 Å². The maximum absolute atomic E-state index is 14.0. The number of amides is 1. The number of carboxylic acid groups (broad SMARTS) is 1. The minimum atomic E-state index is -1.57. The Balaban J connectivity index is 1.55. The average Bonchev–Trinajstić information content (AvgIpc) is 3.29. The second-order valence-electron chi connectivity index (χ2n) is 7.73. The number of carboxylic acids is 1. The Labute approximate surface area is 166 Å². The Morgan fingerprint density at radius 1 is 1.07 bits per heavy atom. The number of halogens is 2. The summed E-state index contributed by atoms with van der Waals surface area (Å²) >= 11 is 0. The van der Waals surface area contributed by atoms with E-state index in [1.54, 1.807) is 24.3 Å². The predicted molar refractivity (Wildman–Crippen MR) is 100.0 cm³/mol. The van der Waals surface area contributed by atoms with Crippen LogP contribution in [0.25, 0.3) is 0 Å². The lowest BCUT2D eigenvalue weighted by Crippen LogP contribution is -2.27.